The second-order valence-corrected chi connectivity index (χ2v) is 5.38. The molecule has 6 nitrogen and oxygen atoms in total. The van der Waals surface area contributed by atoms with Crippen molar-refractivity contribution in [3.8, 4) is 12.1 Å². The van der Waals surface area contributed by atoms with E-state index in [2.05, 4.69) is 22.1 Å². The van der Waals surface area contributed by atoms with Crippen LogP contribution in [0.4, 0.5) is 0 Å². The van der Waals surface area contributed by atoms with Crippen molar-refractivity contribution in [1.29, 1.82) is 10.5 Å². The largest absolute Gasteiger partial charge is 0.342 e. The second-order valence-electron chi connectivity index (χ2n) is 5.38. The predicted octanol–water partition coefficient (Wildman–Crippen LogP) is 1.37. The van der Waals surface area contributed by atoms with Crippen LogP contribution in [0.25, 0.3) is 0 Å². The Labute approximate surface area is 123 Å². The number of hydrogen-bond acceptors (Lipinski definition) is 4. The van der Waals surface area contributed by atoms with Gasteiger partial charge in [0, 0.05) is 39.4 Å². The first-order valence-electron chi connectivity index (χ1n) is 6.94. The summed E-state index contributed by atoms with van der Waals surface area (Å²) in [7, 11) is 1.89. The van der Waals surface area contributed by atoms with E-state index in [1.54, 1.807) is 0 Å². The van der Waals surface area contributed by atoms with Crippen molar-refractivity contribution in [2.45, 2.75) is 26.1 Å². The van der Waals surface area contributed by atoms with E-state index in [4.69, 9.17) is 10.5 Å². The van der Waals surface area contributed by atoms with Crippen LogP contribution in [-0.4, -0.2) is 25.8 Å². The van der Waals surface area contributed by atoms with Crippen LogP contribution < -0.4 is 0 Å². The molecule has 0 saturated carbocycles. The summed E-state index contributed by atoms with van der Waals surface area (Å²) in [6, 6.07) is 8.08. The van der Waals surface area contributed by atoms with Gasteiger partial charge in [0.1, 0.15) is 17.8 Å². The third-order valence-corrected chi connectivity index (χ3v) is 3.79. The molecule has 0 aliphatic carbocycles. The van der Waals surface area contributed by atoms with Gasteiger partial charge in [-0.1, -0.05) is 0 Å². The molecule has 3 heterocycles. The van der Waals surface area contributed by atoms with E-state index in [9.17, 15) is 0 Å². The highest BCUT2D eigenvalue weighted by molar-refractivity contribution is 5.28. The number of fused-ring (bicyclic) bond motifs is 1. The molecule has 106 valence electrons. The molecule has 0 bridgehead atoms. The van der Waals surface area contributed by atoms with Gasteiger partial charge in [0.05, 0.1) is 5.69 Å². The van der Waals surface area contributed by atoms with Crippen molar-refractivity contribution >= 4 is 0 Å². The molecule has 0 fully saturated rings. The van der Waals surface area contributed by atoms with Gasteiger partial charge in [-0.15, -0.1) is 0 Å². The van der Waals surface area contributed by atoms with Crippen LogP contribution in [0.15, 0.2) is 18.3 Å². The molecule has 0 amide bonds. The lowest BCUT2D eigenvalue weighted by atomic mass is 10.2. The summed E-state index contributed by atoms with van der Waals surface area (Å²) in [5.41, 5.74) is 3.39. The third kappa shape index (κ3) is 2.67. The van der Waals surface area contributed by atoms with Crippen LogP contribution in [0.2, 0.25) is 0 Å². The lowest BCUT2D eigenvalue weighted by molar-refractivity contribution is 0.261. The summed E-state index contributed by atoms with van der Waals surface area (Å²) in [6.07, 6.45) is 3.01. The van der Waals surface area contributed by atoms with Crippen LogP contribution in [-0.2, 0) is 26.7 Å². The van der Waals surface area contributed by atoms with Gasteiger partial charge in [0.2, 0.25) is 0 Å². The van der Waals surface area contributed by atoms with Gasteiger partial charge in [-0.2, -0.15) is 15.6 Å². The highest BCUT2D eigenvalue weighted by atomic mass is 15.3. The maximum Gasteiger partial charge on any atom is 0.162 e. The lowest BCUT2D eigenvalue weighted by Crippen LogP contribution is -2.22. The van der Waals surface area contributed by atoms with Crippen molar-refractivity contribution in [2.75, 3.05) is 6.54 Å². The fourth-order valence-corrected chi connectivity index (χ4v) is 2.81. The number of hydrogen-bond donors (Lipinski definition) is 0. The lowest BCUT2D eigenvalue weighted by Gasteiger charge is -2.18. The Bertz CT molecular complexity index is 739. The SMILES string of the molecule is Cn1cc(CN2CCCn3nc(C#N)cc3C2)cc1C#N. The molecule has 1 aliphatic heterocycles. The zero-order chi connectivity index (χ0) is 14.8. The molecule has 0 aromatic carbocycles. The van der Waals surface area contributed by atoms with Gasteiger partial charge in [-0.3, -0.25) is 9.58 Å². The first kappa shape index (κ1) is 13.4. The number of nitriles is 2. The predicted molar refractivity (Wildman–Crippen MR) is 75.8 cm³/mol. The minimum Gasteiger partial charge on any atom is -0.342 e. The molecular formula is C15H16N6. The highest BCUT2D eigenvalue weighted by Gasteiger charge is 2.17. The molecule has 2 aromatic heterocycles. The Hall–Kier alpha value is -2.57. The van der Waals surface area contributed by atoms with Crippen molar-refractivity contribution in [3.05, 3.63) is 41.0 Å². The fraction of sp³-hybridized carbons (Fsp3) is 0.400. The van der Waals surface area contributed by atoms with Crippen LogP contribution in [0.3, 0.4) is 0 Å². The summed E-state index contributed by atoms with van der Waals surface area (Å²) in [4.78, 5) is 2.33. The highest BCUT2D eigenvalue weighted by Crippen LogP contribution is 2.17. The van der Waals surface area contributed by atoms with E-state index in [1.807, 2.05) is 34.6 Å². The van der Waals surface area contributed by atoms with E-state index in [0.717, 1.165) is 43.9 Å². The molecular weight excluding hydrogens is 264 g/mol. The standard InChI is InChI=1S/C15H16N6/c1-19-9-12(5-14(19)8-17)10-20-3-2-4-21-15(11-20)6-13(7-16)18-21/h5-6,9H,2-4,10-11H2,1H3. The van der Waals surface area contributed by atoms with Gasteiger partial charge >= 0.3 is 0 Å². The normalized spacial score (nSPS) is 15.0. The van der Waals surface area contributed by atoms with Gasteiger partial charge in [-0.25, -0.2) is 0 Å². The average Bonchev–Trinajstić information content (AvgIpc) is 2.97. The zero-order valence-corrected chi connectivity index (χ0v) is 12.0. The molecule has 2 aromatic rings. The van der Waals surface area contributed by atoms with Crippen molar-refractivity contribution in [3.63, 3.8) is 0 Å². The summed E-state index contributed by atoms with van der Waals surface area (Å²) in [6.45, 7) is 3.43. The van der Waals surface area contributed by atoms with Gasteiger partial charge in [0.15, 0.2) is 5.69 Å². The molecule has 1 aliphatic rings. The molecule has 0 spiro atoms. The molecule has 0 N–H and O–H groups in total. The Morgan fingerprint density at radius 2 is 2.10 bits per heavy atom. The van der Waals surface area contributed by atoms with Crippen LogP contribution in [0.5, 0.6) is 0 Å². The summed E-state index contributed by atoms with van der Waals surface area (Å²) in [5, 5.41) is 22.2. The first-order valence-corrected chi connectivity index (χ1v) is 6.94. The minimum absolute atomic E-state index is 0.485. The molecule has 0 unspecified atom stereocenters. The third-order valence-electron chi connectivity index (χ3n) is 3.79. The van der Waals surface area contributed by atoms with Crippen molar-refractivity contribution in [2.24, 2.45) is 7.05 Å². The molecule has 6 heteroatoms. The Balaban J connectivity index is 1.77. The Morgan fingerprint density at radius 1 is 1.24 bits per heavy atom. The van der Waals surface area contributed by atoms with E-state index in [1.165, 1.54) is 0 Å². The van der Waals surface area contributed by atoms with E-state index in [-0.39, 0.29) is 0 Å². The Morgan fingerprint density at radius 3 is 2.81 bits per heavy atom. The van der Waals surface area contributed by atoms with Gasteiger partial charge < -0.3 is 4.57 Å². The molecule has 0 atom stereocenters. The number of aryl methyl sites for hydroxylation is 2. The fourth-order valence-electron chi connectivity index (χ4n) is 2.81. The summed E-state index contributed by atoms with van der Waals surface area (Å²) >= 11 is 0. The van der Waals surface area contributed by atoms with Crippen molar-refractivity contribution in [1.82, 2.24) is 19.2 Å². The molecule has 21 heavy (non-hydrogen) atoms. The van der Waals surface area contributed by atoms with Crippen LogP contribution >= 0.6 is 0 Å². The van der Waals surface area contributed by atoms with Gasteiger partial charge in [0.25, 0.3) is 0 Å². The Kier molecular flexibility index (Phi) is 3.47. The summed E-state index contributed by atoms with van der Waals surface area (Å²) in [5.74, 6) is 0. The smallest absolute Gasteiger partial charge is 0.162 e. The van der Waals surface area contributed by atoms with Gasteiger partial charge in [-0.05, 0) is 24.1 Å². The minimum atomic E-state index is 0.485. The zero-order valence-electron chi connectivity index (χ0n) is 12.0. The van der Waals surface area contributed by atoms with Crippen LogP contribution in [0.1, 0.15) is 29.1 Å². The van der Waals surface area contributed by atoms with E-state index < -0.39 is 0 Å². The first-order chi connectivity index (χ1) is 10.2. The average molecular weight is 280 g/mol. The maximum atomic E-state index is 9.02. The molecule has 3 rings (SSSR count). The number of rotatable bonds is 2. The number of nitrogens with zero attached hydrogens (tertiary/aromatic N) is 6. The topological polar surface area (TPSA) is 73.6 Å². The number of aromatic nitrogens is 3. The van der Waals surface area contributed by atoms with Crippen molar-refractivity contribution < 1.29 is 0 Å². The monoisotopic (exact) mass is 280 g/mol. The van der Waals surface area contributed by atoms with Crippen LogP contribution in [0, 0.1) is 22.7 Å². The molecule has 0 radical (unpaired) electrons. The summed E-state index contributed by atoms with van der Waals surface area (Å²) < 4.78 is 3.79. The second kappa shape index (κ2) is 5.43. The van der Waals surface area contributed by atoms with E-state index >= 15 is 0 Å². The quantitative estimate of drug-likeness (QED) is 0.832. The maximum absolute atomic E-state index is 9.02. The van der Waals surface area contributed by atoms with E-state index in [0.29, 0.717) is 11.4 Å². The molecule has 0 saturated heterocycles.